The summed E-state index contributed by atoms with van der Waals surface area (Å²) in [7, 11) is 1.52. The van der Waals surface area contributed by atoms with E-state index in [0.717, 1.165) is 6.42 Å². The number of methoxy groups -OCH3 is 1. The first-order chi connectivity index (χ1) is 11.5. The van der Waals surface area contributed by atoms with Crippen LogP contribution in [0.5, 0.6) is 5.75 Å². The minimum Gasteiger partial charge on any atom is -0.495 e. The number of rotatable bonds is 6. The second-order valence-electron chi connectivity index (χ2n) is 5.13. The van der Waals surface area contributed by atoms with E-state index in [1.54, 1.807) is 42.5 Å². The SMILES string of the molecule is CCCNC(=O)c1ccc(C(=O)Nc2cc(Cl)ccc2OC)cc1. The van der Waals surface area contributed by atoms with Gasteiger partial charge in [0.2, 0.25) is 0 Å². The van der Waals surface area contributed by atoms with Gasteiger partial charge < -0.3 is 15.4 Å². The van der Waals surface area contributed by atoms with Gasteiger partial charge in [-0.2, -0.15) is 0 Å². The lowest BCUT2D eigenvalue weighted by atomic mass is 10.1. The highest BCUT2D eigenvalue weighted by Gasteiger charge is 2.11. The van der Waals surface area contributed by atoms with Crippen molar-refractivity contribution in [1.29, 1.82) is 0 Å². The molecule has 0 radical (unpaired) electrons. The Bertz CT molecular complexity index is 730. The van der Waals surface area contributed by atoms with Crippen LogP contribution in [-0.2, 0) is 0 Å². The molecule has 0 atom stereocenters. The molecule has 0 fully saturated rings. The molecule has 0 saturated heterocycles. The second-order valence-corrected chi connectivity index (χ2v) is 5.57. The number of anilines is 1. The summed E-state index contributed by atoms with van der Waals surface area (Å²) in [5.74, 6) is 0.0553. The van der Waals surface area contributed by atoms with E-state index in [1.165, 1.54) is 7.11 Å². The predicted molar refractivity (Wildman–Crippen MR) is 95.0 cm³/mol. The Kier molecular flexibility index (Phi) is 6.21. The van der Waals surface area contributed by atoms with Crippen molar-refractivity contribution in [2.45, 2.75) is 13.3 Å². The van der Waals surface area contributed by atoms with Crippen LogP contribution in [0.2, 0.25) is 5.02 Å². The van der Waals surface area contributed by atoms with Gasteiger partial charge in [0.25, 0.3) is 11.8 Å². The normalized spacial score (nSPS) is 10.1. The molecule has 2 aromatic rings. The molecule has 2 amide bonds. The fourth-order valence-corrected chi connectivity index (χ4v) is 2.26. The lowest BCUT2D eigenvalue weighted by Crippen LogP contribution is -2.24. The molecule has 2 N–H and O–H groups in total. The molecule has 0 aliphatic heterocycles. The third kappa shape index (κ3) is 4.49. The molecule has 0 aromatic heterocycles. The van der Waals surface area contributed by atoms with Gasteiger partial charge in [-0.25, -0.2) is 0 Å². The first kappa shape index (κ1) is 17.8. The second kappa shape index (κ2) is 8.36. The summed E-state index contributed by atoms with van der Waals surface area (Å²) in [5, 5.41) is 6.03. The van der Waals surface area contributed by atoms with Crippen LogP contribution in [-0.4, -0.2) is 25.5 Å². The smallest absolute Gasteiger partial charge is 0.255 e. The standard InChI is InChI=1S/C18H19ClN2O3/c1-3-10-20-17(22)12-4-6-13(7-5-12)18(23)21-15-11-14(19)8-9-16(15)24-2/h4-9,11H,3,10H2,1-2H3,(H,20,22)(H,21,23). The van der Waals surface area contributed by atoms with Crippen molar-refractivity contribution < 1.29 is 14.3 Å². The van der Waals surface area contributed by atoms with Gasteiger partial charge >= 0.3 is 0 Å². The summed E-state index contributed by atoms with van der Waals surface area (Å²) in [6.45, 7) is 2.60. The van der Waals surface area contributed by atoms with Gasteiger partial charge in [0.15, 0.2) is 0 Å². The maximum Gasteiger partial charge on any atom is 0.255 e. The van der Waals surface area contributed by atoms with Crippen LogP contribution in [0.1, 0.15) is 34.1 Å². The number of carbonyl (C=O) groups is 2. The molecule has 24 heavy (non-hydrogen) atoms. The van der Waals surface area contributed by atoms with E-state index in [-0.39, 0.29) is 11.8 Å². The number of hydrogen-bond donors (Lipinski definition) is 2. The lowest BCUT2D eigenvalue weighted by Gasteiger charge is -2.11. The van der Waals surface area contributed by atoms with Crippen LogP contribution in [0.15, 0.2) is 42.5 Å². The van der Waals surface area contributed by atoms with E-state index < -0.39 is 0 Å². The number of carbonyl (C=O) groups excluding carboxylic acids is 2. The molecule has 6 heteroatoms. The maximum atomic E-state index is 12.3. The molecular weight excluding hydrogens is 328 g/mol. The molecule has 0 unspecified atom stereocenters. The molecule has 0 spiro atoms. The summed E-state index contributed by atoms with van der Waals surface area (Å²) >= 11 is 5.95. The molecule has 5 nitrogen and oxygen atoms in total. The lowest BCUT2D eigenvalue weighted by molar-refractivity contribution is 0.0951. The zero-order valence-corrected chi connectivity index (χ0v) is 14.3. The monoisotopic (exact) mass is 346 g/mol. The van der Waals surface area contributed by atoms with Crippen LogP contribution in [0, 0.1) is 0 Å². The summed E-state index contributed by atoms with van der Waals surface area (Å²) < 4.78 is 5.20. The van der Waals surface area contributed by atoms with Crippen LogP contribution in [0.25, 0.3) is 0 Å². The molecule has 2 rings (SSSR count). The van der Waals surface area contributed by atoms with E-state index in [2.05, 4.69) is 10.6 Å². The van der Waals surface area contributed by atoms with Crippen molar-refractivity contribution in [3.63, 3.8) is 0 Å². The third-order valence-corrected chi connectivity index (χ3v) is 3.59. The summed E-state index contributed by atoms with van der Waals surface area (Å²) in [4.78, 5) is 24.2. The number of hydrogen-bond acceptors (Lipinski definition) is 3. The fourth-order valence-electron chi connectivity index (χ4n) is 2.09. The minimum absolute atomic E-state index is 0.152. The Morgan fingerprint density at radius 3 is 2.25 bits per heavy atom. The summed E-state index contributed by atoms with van der Waals surface area (Å²) in [6.07, 6.45) is 0.869. The Labute approximate surface area is 146 Å². The quantitative estimate of drug-likeness (QED) is 0.837. The Morgan fingerprint density at radius 1 is 1.04 bits per heavy atom. The highest BCUT2D eigenvalue weighted by atomic mass is 35.5. The number of benzene rings is 2. The minimum atomic E-state index is -0.309. The van der Waals surface area contributed by atoms with Crippen LogP contribution >= 0.6 is 11.6 Å². The molecule has 0 saturated carbocycles. The molecule has 0 heterocycles. The van der Waals surface area contributed by atoms with Crippen molar-refractivity contribution in [2.75, 3.05) is 19.0 Å². The molecule has 0 aliphatic carbocycles. The van der Waals surface area contributed by atoms with E-state index in [4.69, 9.17) is 16.3 Å². The van der Waals surface area contributed by atoms with Gasteiger partial charge in [-0.3, -0.25) is 9.59 Å². The van der Waals surface area contributed by atoms with E-state index >= 15 is 0 Å². The van der Waals surface area contributed by atoms with Crippen LogP contribution in [0.3, 0.4) is 0 Å². The first-order valence-corrected chi connectivity index (χ1v) is 7.96. The van der Waals surface area contributed by atoms with Gasteiger partial charge in [-0.1, -0.05) is 18.5 Å². The molecule has 2 aromatic carbocycles. The van der Waals surface area contributed by atoms with E-state index in [0.29, 0.717) is 34.1 Å². The van der Waals surface area contributed by atoms with Crippen molar-refractivity contribution in [2.24, 2.45) is 0 Å². The van der Waals surface area contributed by atoms with Gasteiger partial charge in [0, 0.05) is 22.7 Å². The zero-order chi connectivity index (χ0) is 17.5. The molecule has 0 aliphatic rings. The summed E-state index contributed by atoms with van der Waals surface area (Å²) in [6, 6.07) is 11.4. The van der Waals surface area contributed by atoms with E-state index in [1.807, 2.05) is 6.92 Å². The average Bonchev–Trinajstić information content (AvgIpc) is 2.60. The Morgan fingerprint density at radius 2 is 1.67 bits per heavy atom. The van der Waals surface area contributed by atoms with Crippen molar-refractivity contribution in [3.8, 4) is 5.75 Å². The van der Waals surface area contributed by atoms with Crippen molar-refractivity contribution >= 4 is 29.1 Å². The van der Waals surface area contributed by atoms with Crippen LogP contribution < -0.4 is 15.4 Å². The molecular formula is C18H19ClN2O3. The van der Waals surface area contributed by atoms with Gasteiger partial charge in [0.1, 0.15) is 5.75 Å². The number of ether oxygens (including phenoxy) is 1. The third-order valence-electron chi connectivity index (χ3n) is 3.35. The molecule has 0 bridgehead atoms. The van der Waals surface area contributed by atoms with Gasteiger partial charge in [-0.15, -0.1) is 0 Å². The maximum absolute atomic E-state index is 12.3. The fraction of sp³-hybridized carbons (Fsp3) is 0.222. The van der Waals surface area contributed by atoms with E-state index in [9.17, 15) is 9.59 Å². The predicted octanol–water partition coefficient (Wildman–Crippen LogP) is 3.74. The zero-order valence-electron chi connectivity index (χ0n) is 13.6. The Hall–Kier alpha value is -2.53. The Balaban J connectivity index is 2.10. The summed E-state index contributed by atoms with van der Waals surface area (Å²) in [5.41, 5.74) is 1.43. The topological polar surface area (TPSA) is 67.4 Å². The number of halogens is 1. The highest BCUT2D eigenvalue weighted by molar-refractivity contribution is 6.31. The van der Waals surface area contributed by atoms with Gasteiger partial charge in [-0.05, 0) is 48.9 Å². The molecule has 126 valence electrons. The van der Waals surface area contributed by atoms with Crippen molar-refractivity contribution in [3.05, 3.63) is 58.6 Å². The number of amides is 2. The van der Waals surface area contributed by atoms with Gasteiger partial charge in [0.05, 0.1) is 12.8 Å². The van der Waals surface area contributed by atoms with Crippen LogP contribution in [0.4, 0.5) is 5.69 Å². The highest BCUT2D eigenvalue weighted by Crippen LogP contribution is 2.28. The first-order valence-electron chi connectivity index (χ1n) is 7.58. The van der Waals surface area contributed by atoms with Crippen molar-refractivity contribution in [1.82, 2.24) is 5.32 Å². The number of nitrogens with one attached hydrogen (secondary N) is 2. The largest absolute Gasteiger partial charge is 0.495 e. The average molecular weight is 347 g/mol.